The number of hydrogen-bond donors (Lipinski definition) is 1. The number of nitrogens with zero attached hydrogens (tertiary/aromatic N) is 1. The molecule has 130 valence electrons. The summed E-state index contributed by atoms with van der Waals surface area (Å²) in [5.74, 6) is 0.461. The zero-order chi connectivity index (χ0) is 17.6. The topological polar surface area (TPSA) is 88.8 Å². The van der Waals surface area contributed by atoms with Gasteiger partial charge in [0.15, 0.2) is 5.76 Å². The highest BCUT2D eigenvalue weighted by Gasteiger charge is 2.18. The molecule has 0 fully saturated rings. The minimum atomic E-state index is -3.48. The molecule has 0 aliphatic carbocycles. The van der Waals surface area contributed by atoms with Gasteiger partial charge in [-0.2, -0.15) is 0 Å². The first-order valence-corrected chi connectivity index (χ1v) is 9.29. The van der Waals surface area contributed by atoms with Gasteiger partial charge in [0, 0.05) is 6.54 Å². The van der Waals surface area contributed by atoms with Crippen molar-refractivity contribution in [2.45, 2.75) is 6.92 Å². The quantitative estimate of drug-likeness (QED) is 0.783. The zero-order valence-electron chi connectivity index (χ0n) is 13.6. The molecular formula is C16H20N2O5S. The van der Waals surface area contributed by atoms with E-state index in [-0.39, 0.29) is 24.8 Å². The molecular weight excluding hydrogens is 332 g/mol. The fourth-order valence-corrected chi connectivity index (χ4v) is 3.06. The van der Waals surface area contributed by atoms with Gasteiger partial charge >= 0.3 is 0 Å². The molecule has 0 unspecified atom stereocenters. The van der Waals surface area contributed by atoms with E-state index < -0.39 is 10.0 Å². The van der Waals surface area contributed by atoms with E-state index in [1.807, 2.05) is 6.92 Å². The van der Waals surface area contributed by atoms with Gasteiger partial charge in [0.05, 0.1) is 31.4 Å². The highest BCUT2D eigenvalue weighted by Crippen LogP contribution is 2.21. The molecule has 2 aromatic rings. The number of amides is 1. The van der Waals surface area contributed by atoms with Crippen molar-refractivity contribution < 1.29 is 22.4 Å². The SMILES string of the molecule is CCOc1ccc(N(CCNC(=O)c2ccco2)S(C)(=O)=O)cc1. The van der Waals surface area contributed by atoms with Crippen LogP contribution < -0.4 is 14.4 Å². The van der Waals surface area contributed by atoms with Crippen LogP contribution in [-0.4, -0.2) is 40.3 Å². The number of carbonyl (C=O) groups excluding carboxylic acids is 1. The smallest absolute Gasteiger partial charge is 0.287 e. The normalized spacial score (nSPS) is 11.1. The average molecular weight is 352 g/mol. The van der Waals surface area contributed by atoms with Crippen LogP contribution in [-0.2, 0) is 10.0 Å². The Morgan fingerprint density at radius 3 is 2.50 bits per heavy atom. The molecule has 2 rings (SSSR count). The maximum atomic E-state index is 12.0. The number of hydrogen-bond acceptors (Lipinski definition) is 5. The van der Waals surface area contributed by atoms with Crippen LogP contribution in [0.5, 0.6) is 5.75 Å². The molecule has 7 nitrogen and oxygen atoms in total. The Balaban J connectivity index is 2.02. The predicted molar refractivity (Wildman–Crippen MR) is 90.8 cm³/mol. The molecule has 1 amide bonds. The number of furan rings is 1. The summed E-state index contributed by atoms with van der Waals surface area (Å²) in [5.41, 5.74) is 0.508. The van der Waals surface area contributed by atoms with Crippen molar-refractivity contribution in [1.82, 2.24) is 5.32 Å². The van der Waals surface area contributed by atoms with E-state index in [2.05, 4.69) is 5.32 Å². The lowest BCUT2D eigenvalue weighted by atomic mass is 10.3. The van der Waals surface area contributed by atoms with E-state index in [0.717, 1.165) is 6.26 Å². The largest absolute Gasteiger partial charge is 0.494 e. The standard InChI is InChI=1S/C16H20N2O5S/c1-3-22-14-8-6-13(7-9-14)18(24(2,20)21)11-10-17-16(19)15-5-4-12-23-15/h4-9,12H,3,10-11H2,1-2H3,(H,17,19). The summed E-state index contributed by atoms with van der Waals surface area (Å²) >= 11 is 0. The van der Waals surface area contributed by atoms with Gasteiger partial charge in [0.1, 0.15) is 5.75 Å². The Labute approximate surface area is 141 Å². The molecule has 1 heterocycles. The third kappa shape index (κ3) is 4.76. The third-order valence-electron chi connectivity index (χ3n) is 3.18. The van der Waals surface area contributed by atoms with Gasteiger partial charge in [0.2, 0.25) is 10.0 Å². The first-order valence-electron chi connectivity index (χ1n) is 7.44. The summed E-state index contributed by atoms with van der Waals surface area (Å²) in [6, 6.07) is 9.89. The minimum Gasteiger partial charge on any atom is -0.494 e. The summed E-state index contributed by atoms with van der Waals surface area (Å²) in [6.45, 7) is 2.67. The second kappa shape index (κ2) is 7.87. The van der Waals surface area contributed by atoms with Crippen LogP contribution in [0, 0.1) is 0 Å². The van der Waals surface area contributed by atoms with Crippen LogP contribution in [0.25, 0.3) is 0 Å². The van der Waals surface area contributed by atoms with E-state index >= 15 is 0 Å². The van der Waals surface area contributed by atoms with Crippen LogP contribution in [0.1, 0.15) is 17.5 Å². The highest BCUT2D eigenvalue weighted by atomic mass is 32.2. The number of carbonyl (C=O) groups is 1. The van der Waals surface area contributed by atoms with Crippen molar-refractivity contribution in [2.24, 2.45) is 0 Å². The zero-order valence-corrected chi connectivity index (χ0v) is 14.4. The van der Waals surface area contributed by atoms with Gasteiger partial charge in [-0.1, -0.05) is 0 Å². The lowest BCUT2D eigenvalue weighted by molar-refractivity contribution is 0.0927. The lowest BCUT2D eigenvalue weighted by Gasteiger charge is -2.22. The Kier molecular flexibility index (Phi) is 5.86. The molecule has 0 saturated carbocycles. The van der Waals surface area contributed by atoms with Crippen molar-refractivity contribution in [3.05, 3.63) is 48.4 Å². The molecule has 0 atom stereocenters. The molecule has 0 aliphatic heterocycles. The van der Waals surface area contributed by atoms with Crippen LogP contribution in [0.2, 0.25) is 0 Å². The number of rotatable bonds is 8. The number of anilines is 1. The maximum absolute atomic E-state index is 12.0. The van der Waals surface area contributed by atoms with Crippen LogP contribution in [0.4, 0.5) is 5.69 Å². The Morgan fingerprint density at radius 1 is 1.25 bits per heavy atom. The van der Waals surface area contributed by atoms with E-state index in [9.17, 15) is 13.2 Å². The Hall–Kier alpha value is -2.48. The summed E-state index contributed by atoms with van der Waals surface area (Å²) in [7, 11) is -3.48. The second-order valence-electron chi connectivity index (χ2n) is 5.00. The summed E-state index contributed by atoms with van der Waals surface area (Å²) in [4.78, 5) is 11.8. The molecule has 1 aromatic carbocycles. The molecule has 0 bridgehead atoms. The number of nitrogens with one attached hydrogen (secondary N) is 1. The minimum absolute atomic E-state index is 0.110. The van der Waals surface area contributed by atoms with Gasteiger partial charge in [-0.15, -0.1) is 0 Å². The molecule has 24 heavy (non-hydrogen) atoms. The summed E-state index contributed by atoms with van der Waals surface area (Å²) < 4.78 is 35.6. The first-order chi connectivity index (χ1) is 11.4. The van der Waals surface area contributed by atoms with Crippen molar-refractivity contribution in [3.8, 4) is 5.75 Å². The van der Waals surface area contributed by atoms with Crippen LogP contribution in [0.3, 0.4) is 0 Å². The van der Waals surface area contributed by atoms with E-state index in [4.69, 9.17) is 9.15 Å². The molecule has 8 heteroatoms. The van der Waals surface area contributed by atoms with Gasteiger partial charge in [-0.3, -0.25) is 9.10 Å². The summed E-state index contributed by atoms with van der Waals surface area (Å²) in [5, 5.41) is 2.63. The van der Waals surface area contributed by atoms with Crippen molar-refractivity contribution >= 4 is 21.6 Å². The van der Waals surface area contributed by atoms with Gasteiger partial charge in [-0.25, -0.2) is 8.42 Å². The van der Waals surface area contributed by atoms with Gasteiger partial charge in [-0.05, 0) is 43.3 Å². The maximum Gasteiger partial charge on any atom is 0.287 e. The lowest BCUT2D eigenvalue weighted by Crippen LogP contribution is -2.38. The van der Waals surface area contributed by atoms with Crippen molar-refractivity contribution in [2.75, 3.05) is 30.3 Å². The fraction of sp³-hybridized carbons (Fsp3) is 0.312. The predicted octanol–water partition coefficient (Wildman–Crippen LogP) is 1.87. The van der Waals surface area contributed by atoms with Crippen LogP contribution >= 0.6 is 0 Å². The van der Waals surface area contributed by atoms with Crippen molar-refractivity contribution in [1.29, 1.82) is 0 Å². The average Bonchev–Trinajstić information content (AvgIpc) is 3.06. The number of benzene rings is 1. The third-order valence-corrected chi connectivity index (χ3v) is 4.38. The van der Waals surface area contributed by atoms with Crippen molar-refractivity contribution in [3.63, 3.8) is 0 Å². The van der Waals surface area contributed by atoms with E-state index in [1.165, 1.54) is 16.6 Å². The molecule has 0 radical (unpaired) electrons. The second-order valence-corrected chi connectivity index (χ2v) is 6.90. The molecule has 1 aromatic heterocycles. The fourth-order valence-electron chi connectivity index (χ4n) is 2.13. The molecule has 0 saturated heterocycles. The monoisotopic (exact) mass is 352 g/mol. The van der Waals surface area contributed by atoms with Gasteiger partial charge < -0.3 is 14.5 Å². The number of ether oxygens (including phenoxy) is 1. The molecule has 0 spiro atoms. The van der Waals surface area contributed by atoms with Gasteiger partial charge in [0.25, 0.3) is 5.91 Å². The summed E-state index contributed by atoms with van der Waals surface area (Å²) in [6.07, 6.45) is 2.52. The highest BCUT2D eigenvalue weighted by molar-refractivity contribution is 7.92. The number of sulfonamides is 1. The Bertz CT molecular complexity index is 754. The van der Waals surface area contributed by atoms with E-state index in [1.54, 1.807) is 30.3 Å². The molecule has 0 aliphatic rings. The Morgan fingerprint density at radius 2 is 1.96 bits per heavy atom. The molecule has 1 N–H and O–H groups in total. The van der Waals surface area contributed by atoms with Crippen LogP contribution in [0.15, 0.2) is 47.1 Å². The van der Waals surface area contributed by atoms with E-state index in [0.29, 0.717) is 18.0 Å². The first kappa shape index (κ1) is 17.9.